The van der Waals surface area contributed by atoms with Crippen molar-refractivity contribution in [2.24, 2.45) is 0 Å². The fourth-order valence-corrected chi connectivity index (χ4v) is 13.8. The van der Waals surface area contributed by atoms with Crippen molar-refractivity contribution in [3.63, 3.8) is 0 Å². The molecular weight excluding hydrogens is 1220 g/mol. The molecule has 0 amide bonds. The lowest BCUT2D eigenvalue weighted by atomic mass is 10.0. The van der Waals surface area contributed by atoms with Gasteiger partial charge in [0.25, 0.3) is 0 Å². The van der Waals surface area contributed by atoms with E-state index < -0.39 is 0 Å². The van der Waals surface area contributed by atoms with Crippen molar-refractivity contribution in [1.29, 1.82) is 0 Å². The van der Waals surface area contributed by atoms with Crippen LogP contribution in [0, 0.1) is 0 Å². The van der Waals surface area contributed by atoms with Crippen LogP contribution in [-0.4, -0.2) is 39.0 Å². The van der Waals surface area contributed by atoms with E-state index in [9.17, 15) is 0 Å². The van der Waals surface area contributed by atoms with Gasteiger partial charge in [-0.05, 0) is 145 Å². The second kappa shape index (κ2) is 25.5. The number of fused-ring (bicyclic) bond motifs is 6. The van der Waals surface area contributed by atoms with E-state index in [0.29, 0.717) is 34.9 Å². The highest BCUT2D eigenvalue weighted by Crippen LogP contribution is 2.43. The maximum atomic E-state index is 5.26. The molecule has 0 aliphatic carbocycles. The van der Waals surface area contributed by atoms with Crippen LogP contribution >= 0.6 is 0 Å². The first-order chi connectivity index (χ1) is 49.6. The van der Waals surface area contributed by atoms with Crippen molar-refractivity contribution in [2.45, 2.75) is 0 Å². The highest BCUT2D eigenvalue weighted by Gasteiger charge is 2.22. The Kier molecular flexibility index (Phi) is 15.0. The number of rotatable bonds is 15. The van der Waals surface area contributed by atoms with Gasteiger partial charge >= 0.3 is 0 Å². The molecule has 0 atom stereocenters. The molecule has 18 aromatic rings. The van der Waals surface area contributed by atoms with Crippen molar-refractivity contribution in [3.05, 3.63) is 364 Å². The molecule has 0 aliphatic heterocycles. The Balaban J connectivity index is 0.652. The predicted molar refractivity (Wildman–Crippen MR) is 409 cm³/mol. The third-order valence-electron chi connectivity index (χ3n) is 18.6. The molecule has 0 radical (unpaired) electrons. The van der Waals surface area contributed by atoms with Crippen LogP contribution < -0.4 is 9.80 Å². The number of anilines is 6. The number of hydrogen-bond donors (Lipinski definition) is 0. The first kappa shape index (κ1) is 58.8. The second-order valence-corrected chi connectivity index (χ2v) is 24.7. The topological polar surface area (TPSA) is 93.7 Å². The van der Waals surface area contributed by atoms with E-state index in [0.717, 1.165) is 128 Å². The largest absolute Gasteiger partial charge is 0.310 e. The van der Waals surface area contributed by atoms with E-state index in [1.165, 1.54) is 5.39 Å². The highest BCUT2D eigenvalue weighted by atomic mass is 15.2. The normalized spacial score (nSPS) is 11.4. The van der Waals surface area contributed by atoms with Crippen LogP contribution in [0.3, 0.4) is 0 Å². The summed E-state index contributed by atoms with van der Waals surface area (Å²) in [5.74, 6) is 3.65. The Labute approximate surface area is 578 Å². The Hall–Kier alpha value is -13.7. The van der Waals surface area contributed by atoms with Crippen molar-refractivity contribution in [2.75, 3.05) is 9.80 Å². The molecule has 4 aromatic heterocycles. The van der Waals surface area contributed by atoms with Gasteiger partial charge in [0, 0.05) is 100 Å². The summed E-state index contributed by atoms with van der Waals surface area (Å²) in [6, 6.07) is 127. The highest BCUT2D eigenvalue weighted by molar-refractivity contribution is 6.12. The predicted octanol–water partition coefficient (Wildman–Crippen LogP) is 22.9. The second-order valence-electron chi connectivity index (χ2n) is 24.7. The standard InChI is InChI=1S/C90H60N10/c1-7-24-63(25-8-1)85-91-86(64-26-9-2-10-27-64)93-89(92-85)67-48-52-73(53-49-67)99-81-40-21-19-38-77(81)79-60-76(54-56-83(79)99)98(71-35-17-6-18-36-71)72-50-46-62(47-51-72)61-42-44-66(45-43-61)88-94-87(65-28-11-3-12-29-65)95-90(96-88)68-30-23-37-74(58-68)100-82-41-22-20-39-78(82)80-59-75(55-57-84(80)100)97(69-31-13-4-14-32-69)70-33-15-5-16-34-70/h1-60H. The quantitative estimate of drug-likeness (QED) is 0.100. The van der Waals surface area contributed by atoms with Crippen LogP contribution in [0.5, 0.6) is 0 Å². The summed E-state index contributed by atoms with van der Waals surface area (Å²) >= 11 is 0. The van der Waals surface area contributed by atoms with Gasteiger partial charge in [0.15, 0.2) is 34.9 Å². The molecule has 10 nitrogen and oxygen atoms in total. The number of nitrogens with zero attached hydrogens (tertiary/aromatic N) is 10. The van der Waals surface area contributed by atoms with Gasteiger partial charge in [-0.25, -0.2) is 29.9 Å². The molecule has 0 N–H and O–H groups in total. The minimum absolute atomic E-state index is 0.585. The average Bonchev–Trinajstić information content (AvgIpc) is 1.59. The van der Waals surface area contributed by atoms with E-state index in [4.69, 9.17) is 29.9 Å². The lowest BCUT2D eigenvalue weighted by Gasteiger charge is -2.26. The van der Waals surface area contributed by atoms with Crippen molar-refractivity contribution in [1.82, 2.24) is 39.0 Å². The van der Waals surface area contributed by atoms with Crippen molar-refractivity contribution in [3.8, 4) is 90.8 Å². The first-order valence-corrected chi connectivity index (χ1v) is 33.5. The van der Waals surface area contributed by atoms with Gasteiger partial charge in [-0.15, -0.1) is 0 Å². The van der Waals surface area contributed by atoms with Gasteiger partial charge in [-0.3, -0.25) is 0 Å². The molecule has 0 spiro atoms. The van der Waals surface area contributed by atoms with Crippen molar-refractivity contribution < 1.29 is 0 Å². The Bertz CT molecular complexity index is 5890. The zero-order valence-corrected chi connectivity index (χ0v) is 54.1. The molecule has 10 heteroatoms. The summed E-state index contributed by atoms with van der Waals surface area (Å²) in [5.41, 5.74) is 20.4. The van der Waals surface area contributed by atoms with Gasteiger partial charge in [0.05, 0.1) is 22.1 Å². The maximum absolute atomic E-state index is 5.26. The van der Waals surface area contributed by atoms with Gasteiger partial charge in [0.2, 0.25) is 0 Å². The molecule has 470 valence electrons. The molecule has 0 aliphatic rings. The Morgan fingerprint density at radius 1 is 0.170 bits per heavy atom. The van der Waals surface area contributed by atoms with Gasteiger partial charge in [-0.2, -0.15) is 0 Å². The third-order valence-corrected chi connectivity index (χ3v) is 18.6. The van der Waals surface area contributed by atoms with E-state index in [1.54, 1.807) is 0 Å². The third kappa shape index (κ3) is 11.0. The Morgan fingerprint density at radius 3 is 0.860 bits per heavy atom. The molecule has 0 unspecified atom stereocenters. The van der Waals surface area contributed by atoms with Crippen LogP contribution in [0.25, 0.3) is 134 Å². The fraction of sp³-hybridized carbons (Fsp3) is 0. The molecule has 14 aromatic carbocycles. The zero-order valence-electron chi connectivity index (χ0n) is 54.1. The number of aromatic nitrogens is 8. The summed E-state index contributed by atoms with van der Waals surface area (Å²) in [4.78, 5) is 35.2. The van der Waals surface area contributed by atoms with Gasteiger partial charge in [0.1, 0.15) is 0 Å². The lowest BCUT2D eigenvalue weighted by Crippen LogP contribution is -2.09. The van der Waals surface area contributed by atoms with Gasteiger partial charge in [-0.1, -0.05) is 231 Å². The molecule has 4 heterocycles. The number of hydrogen-bond acceptors (Lipinski definition) is 8. The number of benzene rings is 14. The maximum Gasteiger partial charge on any atom is 0.164 e. The molecular formula is C90H60N10. The Morgan fingerprint density at radius 2 is 0.450 bits per heavy atom. The lowest BCUT2D eigenvalue weighted by molar-refractivity contribution is 1.07. The molecule has 0 saturated heterocycles. The summed E-state index contributed by atoms with van der Waals surface area (Å²) in [6.07, 6.45) is 0. The van der Waals surface area contributed by atoms with Crippen LogP contribution in [-0.2, 0) is 0 Å². The monoisotopic (exact) mass is 1280 g/mol. The van der Waals surface area contributed by atoms with Crippen LogP contribution in [0.15, 0.2) is 364 Å². The van der Waals surface area contributed by atoms with Crippen LogP contribution in [0.1, 0.15) is 0 Å². The molecule has 100 heavy (non-hydrogen) atoms. The molecule has 18 rings (SSSR count). The minimum Gasteiger partial charge on any atom is -0.310 e. The van der Waals surface area contributed by atoms with Crippen molar-refractivity contribution >= 4 is 77.7 Å². The SMILES string of the molecule is c1ccc(-c2nc(-c3ccccc3)nc(-c3ccc(-n4c5ccccc5c5cc(N(c6ccccc6)c6ccc(-c7ccc(-c8nc(-c9ccccc9)nc(-c9cccc(-n%10c%11ccccc%11c%11cc(N(c%12ccccc%12)c%12ccccc%12)ccc%11%10)c9)n8)cc7)cc6)ccc54)cc3)n2)cc1. The summed E-state index contributed by atoms with van der Waals surface area (Å²) in [6.45, 7) is 0. The summed E-state index contributed by atoms with van der Waals surface area (Å²) in [7, 11) is 0. The fourth-order valence-electron chi connectivity index (χ4n) is 13.8. The first-order valence-electron chi connectivity index (χ1n) is 33.5. The summed E-state index contributed by atoms with van der Waals surface area (Å²) < 4.78 is 4.70. The number of para-hydroxylation sites is 5. The minimum atomic E-state index is 0.585. The van der Waals surface area contributed by atoms with Gasteiger partial charge < -0.3 is 18.9 Å². The molecule has 0 fully saturated rings. The zero-order chi connectivity index (χ0) is 66.3. The molecule has 0 saturated carbocycles. The molecule has 0 bridgehead atoms. The van der Waals surface area contributed by atoms with E-state index in [1.807, 2.05) is 78.9 Å². The van der Waals surface area contributed by atoms with E-state index >= 15 is 0 Å². The van der Waals surface area contributed by atoms with Crippen LogP contribution in [0.2, 0.25) is 0 Å². The van der Waals surface area contributed by atoms with E-state index in [-0.39, 0.29) is 0 Å². The van der Waals surface area contributed by atoms with E-state index in [2.05, 4.69) is 304 Å². The summed E-state index contributed by atoms with van der Waals surface area (Å²) in [5, 5.41) is 4.62. The van der Waals surface area contributed by atoms with Crippen LogP contribution in [0.4, 0.5) is 34.1 Å². The smallest absolute Gasteiger partial charge is 0.164 e. The average molecular weight is 1280 g/mol.